The molecule has 0 bridgehead atoms. The number of ether oxygens (including phenoxy) is 1. The number of anilines is 2. The van der Waals surface area contributed by atoms with Crippen molar-refractivity contribution in [1.82, 2.24) is 20.2 Å². The van der Waals surface area contributed by atoms with Gasteiger partial charge in [-0.15, -0.1) is 0 Å². The maximum absolute atomic E-state index is 12.2. The second kappa shape index (κ2) is 8.52. The molecule has 0 saturated heterocycles. The van der Waals surface area contributed by atoms with Crippen molar-refractivity contribution in [2.24, 2.45) is 0 Å². The minimum atomic E-state index is -0.195. The third-order valence-corrected chi connectivity index (χ3v) is 4.41. The van der Waals surface area contributed by atoms with Gasteiger partial charge in [-0.2, -0.15) is 9.97 Å². The van der Waals surface area contributed by atoms with Crippen molar-refractivity contribution in [1.29, 1.82) is 0 Å². The van der Waals surface area contributed by atoms with E-state index in [0.717, 1.165) is 17.6 Å². The molecule has 30 heavy (non-hydrogen) atoms. The number of benzene rings is 2. The summed E-state index contributed by atoms with van der Waals surface area (Å²) < 4.78 is 16.4. The molecule has 1 amide bonds. The highest BCUT2D eigenvalue weighted by Gasteiger charge is 2.13. The van der Waals surface area contributed by atoms with Crippen LogP contribution < -0.4 is 10.6 Å². The molecule has 0 aliphatic rings. The molecule has 0 saturated carbocycles. The van der Waals surface area contributed by atoms with E-state index in [1.807, 2.05) is 32.3 Å². The Hall–Kier alpha value is -3.43. The molecule has 0 radical (unpaired) electrons. The molecule has 9 heteroatoms. The van der Waals surface area contributed by atoms with E-state index in [-0.39, 0.29) is 17.9 Å². The fourth-order valence-electron chi connectivity index (χ4n) is 3.07. The summed E-state index contributed by atoms with van der Waals surface area (Å²) in [4.78, 5) is 23.1. The van der Waals surface area contributed by atoms with Crippen LogP contribution in [-0.4, -0.2) is 55.1 Å². The number of hydrogen-bond donors (Lipinski definition) is 2. The predicted molar refractivity (Wildman–Crippen MR) is 113 cm³/mol. The topological polar surface area (TPSA) is 106 Å². The van der Waals surface area contributed by atoms with E-state index < -0.39 is 0 Å². The first-order valence-electron chi connectivity index (χ1n) is 9.51. The highest BCUT2D eigenvalue weighted by Crippen LogP contribution is 2.26. The second-order valence-corrected chi connectivity index (χ2v) is 7.13. The molecule has 0 fully saturated rings. The fourth-order valence-corrected chi connectivity index (χ4v) is 3.07. The number of carbonyl (C=O) groups is 1. The number of nitrogens with one attached hydrogen (secondary N) is 2. The monoisotopic (exact) mass is 409 g/mol. The minimum Gasteiger partial charge on any atom is -0.423 e. The Kier molecular flexibility index (Phi) is 5.64. The number of hydrogen-bond acceptors (Lipinski definition) is 8. The van der Waals surface area contributed by atoms with Gasteiger partial charge in [0.1, 0.15) is 11.0 Å². The number of aromatic nitrogens is 2. The molecule has 2 heterocycles. The molecule has 0 aliphatic carbocycles. The molecule has 0 unspecified atom stereocenters. The zero-order valence-electron chi connectivity index (χ0n) is 17.1. The van der Waals surface area contributed by atoms with Gasteiger partial charge in [-0.05, 0) is 50.0 Å². The van der Waals surface area contributed by atoms with Crippen molar-refractivity contribution < 1.29 is 18.4 Å². The van der Waals surface area contributed by atoms with Gasteiger partial charge >= 0.3 is 12.0 Å². The van der Waals surface area contributed by atoms with Crippen LogP contribution in [0.15, 0.2) is 45.2 Å². The summed E-state index contributed by atoms with van der Waals surface area (Å²) in [5, 5.41) is 5.73. The Labute approximate surface area is 173 Å². The van der Waals surface area contributed by atoms with E-state index in [4.69, 9.17) is 13.6 Å². The van der Waals surface area contributed by atoms with Crippen LogP contribution in [0.1, 0.15) is 15.9 Å². The van der Waals surface area contributed by atoms with Gasteiger partial charge in [0.2, 0.25) is 0 Å². The van der Waals surface area contributed by atoms with Crippen LogP contribution in [0.2, 0.25) is 0 Å². The van der Waals surface area contributed by atoms with E-state index in [2.05, 4.69) is 25.5 Å². The van der Waals surface area contributed by atoms with E-state index >= 15 is 0 Å². The van der Waals surface area contributed by atoms with Gasteiger partial charge in [0, 0.05) is 25.8 Å². The van der Waals surface area contributed by atoms with Crippen molar-refractivity contribution in [3.63, 3.8) is 0 Å². The lowest BCUT2D eigenvalue weighted by Crippen LogP contribution is -2.26. The van der Waals surface area contributed by atoms with Crippen LogP contribution in [0.4, 0.5) is 12.0 Å². The first kappa shape index (κ1) is 19.9. The zero-order chi connectivity index (χ0) is 21.1. The summed E-state index contributed by atoms with van der Waals surface area (Å²) in [7, 11) is 5.62. The normalized spacial score (nSPS) is 11.5. The van der Waals surface area contributed by atoms with Crippen LogP contribution in [0.25, 0.3) is 22.2 Å². The number of carbonyl (C=O) groups excluding carboxylic acids is 1. The lowest BCUT2D eigenvalue weighted by atomic mass is 10.2. The Morgan fingerprint density at radius 1 is 1.03 bits per heavy atom. The highest BCUT2D eigenvalue weighted by atomic mass is 16.5. The summed E-state index contributed by atoms with van der Waals surface area (Å²) in [6.45, 7) is 1.71. The Morgan fingerprint density at radius 2 is 1.70 bits per heavy atom. The van der Waals surface area contributed by atoms with Crippen molar-refractivity contribution in [3.05, 3.63) is 47.5 Å². The second-order valence-electron chi connectivity index (χ2n) is 7.13. The van der Waals surface area contributed by atoms with Gasteiger partial charge in [0.05, 0.1) is 6.61 Å². The number of rotatable bonds is 8. The number of fused-ring (bicyclic) bond motifs is 2. The van der Waals surface area contributed by atoms with Crippen LogP contribution >= 0.6 is 0 Å². The zero-order valence-corrected chi connectivity index (χ0v) is 17.1. The van der Waals surface area contributed by atoms with Gasteiger partial charge in [-0.1, -0.05) is 6.07 Å². The average molecular weight is 409 g/mol. The molecular weight excluding hydrogens is 386 g/mol. The average Bonchev–Trinajstić information content (AvgIpc) is 3.29. The van der Waals surface area contributed by atoms with E-state index in [1.165, 1.54) is 0 Å². The largest absolute Gasteiger partial charge is 0.423 e. The van der Waals surface area contributed by atoms with Gasteiger partial charge in [-0.3, -0.25) is 10.1 Å². The molecule has 2 aromatic heterocycles. The molecule has 2 N–H and O–H groups in total. The maximum Gasteiger partial charge on any atom is 0.303 e. The molecule has 0 aliphatic heterocycles. The minimum absolute atomic E-state index is 0.195. The van der Waals surface area contributed by atoms with E-state index in [1.54, 1.807) is 25.3 Å². The van der Waals surface area contributed by atoms with E-state index in [9.17, 15) is 4.79 Å². The molecule has 0 atom stereocenters. The standard InChI is InChI=1S/C21H23N5O4/c1-26(2)12-13-4-6-17-15(10-13)23-20(29-17)25-21-24-16-11-14(5-7-18(16)30-21)19(27)22-8-9-28-3/h4-7,10-11H,8-9,12H2,1-3H3,(H,22,27)(H,23,24,25). The molecule has 4 aromatic rings. The first-order valence-corrected chi connectivity index (χ1v) is 9.51. The summed E-state index contributed by atoms with van der Waals surface area (Å²) in [5.74, 6) is -0.195. The Bertz CT molecular complexity index is 1180. The SMILES string of the molecule is COCCNC(=O)c1ccc2oc(Nc3nc4cc(CN(C)C)ccc4o3)nc2c1. The summed E-state index contributed by atoms with van der Waals surface area (Å²) >= 11 is 0. The number of methoxy groups -OCH3 is 1. The van der Waals surface area contributed by atoms with Crippen LogP contribution in [0, 0.1) is 0 Å². The lowest BCUT2D eigenvalue weighted by Gasteiger charge is -2.08. The van der Waals surface area contributed by atoms with Gasteiger partial charge < -0.3 is 23.8 Å². The van der Waals surface area contributed by atoms with Crippen LogP contribution in [-0.2, 0) is 11.3 Å². The van der Waals surface area contributed by atoms with Gasteiger partial charge in [-0.25, -0.2) is 0 Å². The van der Waals surface area contributed by atoms with Crippen molar-refractivity contribution >= 4 is 40.1 Å². The molecule has 9 nitrogen and oxygen atoms in total. The fraction of sp³-hybridized carbons (Fsp3) is 0.286. The lowest BCUT2D eigenvalue weighted by molar-refractivity contribution is 0.0937. The molecule has 2 aromatic carbocycles. The van der Waals surface area contributed by atoms with Crippen LogP contribution in [0.5, 0.6) is 0 Å². The Balaban J connectivity index is 1.51. The predicted octanol–water partition coefficient (Wildman–Crippen LogP) is 3.15. The van der Waals surface area contributed by atoms with Crippen molar-refractivity contribution in [2.75, 3.05) is 39.7 Å². The number of nitrogens with zero attached hydrogens (tertiary/aromatic N) is 3. The molecule has 156 valence electrons. The summed E-state index contributed by atoms with van der Waals surface area (Å²) in [5.41, 5.74) is 4.17. The number of amides is 1. The Morgan fingerprint density at radius 3 is 2.37 bits per heavy atom. The molecule has 4 rings (SSSR count). The number of oxazole rings is 2. The maximum atomic E-state index is 12.2. The first-order chi connectivity index (χ1) is 14.5. The summed E-state index contributed by atoms with van der Waals surface area (Å²) in [6.07, 6.45) is 0. The highest BCUT2D eigenvalue weighted by molar-refractivity contribution is 5.97. The molecular formula is C21H23N5O4. The summed E-state index contributed by atoms with van der Waals surface area (Å²) in [6, 6.07) is 11.5. The van der Waals surface area contributed by atoms with Crippen LogP contribution in [0.3, 0.4) is 0 Å². The van der Waals surface area contributed by atoms with Crippen molar-refractivity contribution in [2.45, 2.75) is 6.54 Å². The van der Waals surface area contributed by atoms with Gasteiger partial charge in [0.15, 0.2) is 11.2 Å². The third kappa shape index (κ3) is 4.42. The van der Waals surface area contributed by atoms with Crippen molar-refractivity contribution in [3.8, 4) is 0 Å². The third-order valence-electron chi connectivity index (χ3n) is 4.41. The van der Waals surface area contributed by atoms with Gasteiger partial charge in [0.25, 0.3) is 5.91 Å². The molecule has 0 spiro atoms. The smallest absolute Gasteiger partial charge is 0.303 e. The quantitative estimate of drug-likeness (QED) is 0.428. The van der Waals surface area contributed by atoms with E-state index in [0.29, 0.717) is 35.4 Å².